The van der Waals surface area contributed by atoms with Gasteiger partial charge in [-0.2, -0.15) is 11.8 Å². The van der Waals surface area contributed by atoms with Gasteiger partial charge in [0.15, 0.2) is 5.96 Å². The minimum absolute atomic E-state index is 0. The van der Waals surface area contributed by atoms with Gasteiger partial charge >= 0.3 is 0 Å². The molecule has 1 fully saturated rings. The third kappa shape index (κ3) is 9.64. The first-order valence-corrected chi connectivity index (χ1v) is 9.49. The Kier molecular flexibility index (Phi) is 12.1. The summed E-state index contributed by atoms with van der Waals surface area (Å²) in [5, 5.41) is 7.62. The zero-order valence-electron chi connectivity index (χ0n) is 15.1. The van der Waals surface area contributed by atoms with Crippen molar-refractivity contribution >= 4 is 47.6 Å². The average Bonchev–Trinajstić information content (AvgIpc) is 2.49. The van der Waals surface area contributed by atoms with E-state index in [-0.39, 0.29) is 36.4 Å². The number of rotatable bonds is 6. The summed E-state index contributed by atoms with van der Waals surface area (Å²) in [6.07, 6.45) is 7.11. The van der Waals surface area contributed by atoms with Crippen molar-refractivity contribution < 1.29 is 4.79 Å². The number of likely N-dealkylation sites (N-methyl/N-ethyl adjacent to an activating group) is 1. The van der Waals surface area contributed by atoms with Crippen molar-refractivity contribution in [3.05, 3.63) is 0 Å². The molecule has 1 aliphatic rings. The molecule has 1 saturated carbocycles. The molecule has 0 aliphatic heterocycles. The average molecular weight is 456 g/mol. The van der Waals surface area contributed by atoms with Crippen molar-refractivity contribution in [2.75, 3.05) is 33.4 Å². The van der Waals surface area contributed by atoms with Crippen LogP contribution in [0.15, 0.2) is 4.99 Å². The van der Waals surface area contributed by atoms with E-state index in [4.69, 9.17) is 0 Å². The lowest BCUT2D eigenvalue weighted by Crippen LogP contribution is -2.47. The first kappa shape index (κ1) is 22.8. The summed E-state index contributed by atoms with van der Waals surface area (Å²) in [5.74, 6) is 1.34. The van der Waals surface area contributed by atoms with Crippen molar-refractivity contribution in [3.63, 3.8) is 0 Å². The molecule has 0 aromatic heterocycles. The summed E-state index contributed by atoms with van der Waals surface area (Å²) >= 11 is 1.96. The van der Waals surface area contributed by atoms with Gasteiger partial charge in [0.05, 0.1) is 0 Å². The number of nitrogens with one attached hydrogen (secondary N) is 2. The Balaban J connectivity index is 0.00000484. The van der Waals surface area contributed by atoms with Gasteiger partial charge in [0.1, 0.15) is 6.54 Å². The highest BCUT2D eigenvalue weighted by atomic mass is 127. The van der Waals surface area contributed by atoms with Gasteiger partial charge in [0.25, 0.3) is 0 Å². The topological polar surface area (TPSA) is 56.7 Å². The van der Waals surface area contributed by atoms with Crippen LogP contribution < -0.4 is 10.6 Å². The van der Waals surface area contributed by atoms with E-state index >= 15 is 0 Å². The minimum Gasteiger partial charge on any atom is -0.356 e. The fourth-order valence-electron chi connectivity index (χ4n) is 2.42. The Morgan fingerprint density at radius 1 is 1.35 bits per heavy atom. The van der Waals surface area contributed by atoms with Crippen LogP contribution in [0.5, 0.6) is 0 Å². The number of carbonyl (C=O) groups is 1. The van der Waals surface area contributed by atoms with Crippen LogP contribution in [0.2, 0.25) is 0 Å². The third-order valence-corrected chi connectivity index (χ3v) is 4.94. The van der Waals surface area contributed by atoms with E-state index < -0.39 is 0 Å². The van der Waals surface area contributed by atoms with Crippen LogP contribution in [0.4, 0.5) is 0 Å². The largest absolute Gasteiger partial charge is 0.356 e. The van der Waals surface area contributed by atoms with E-state index in [1.54, 1.807) is 19.0 Å². The summed E-state index contributed by atoms with van der Waals surface area (Å²) in [6, 6.07) is 0.457. The van der Waals surface area contributed by atoms with Crippen LogP contribution in [0, 0.1) is 5.92 Å². The summed E-state index contributed by atoms with van der Waals surface area (Å²) in [5.41, 5.74) is 0. The van der Waals surface area contributed by atoms with E-state index in [0.717, 1.165) is 17.8 Å². The number of hydrogen-bond acceptors (Lipinski definition) is 3. The lowest BCUT2D eigenvalue weighted by molar-refractivity contribution is -0.127. The molecule has 0 radical (unpaired) electrons. The van der Waals surface area contributed by atoms with Gasteiger partial charge in [-0.05, 0) is 31.4 Å². The van der Waals surface area contributed by atoms with Crippen molar-refractivity contribution in [1.82, 2.24) is 15.5 Å². The molecule has 0 spiro atoms. The fourth-order valence-corrected chi connectivity index (χ4v) is 3.25. The lowest BCUT2D eigenvalue weighted by atomic mass is 9.95. The van der Waals surface area contributed by atoms with Gasteiger partial charge in [-0.25, -0.2) is 4.99 Å². The Bertz CT molecular complexity index is 377. The molecule has 7 heteroatoms. The zero-order valence-corrected chi connectivity index (χ0v) is 18.2. The predicted molar refractivity (Wildman–Crippen MR) is 112 cm³/mol. The van der Waals surface area contributed by atoms with Crippen molar-refractivity contribution in [3.8, 4) is 0 Å². The van der Waals surface area contributed by atoms with Crippen molar-refractivity contribution in [1.29, 1.82) is 0 Å². The number of hydrogen-bond donors (Lipinski definition) is 2. The number of amides is 1. The van der Waals surface area contributed by atoms with Gasteiger partial charge in [-0.1, -0.05) is 20.3 Å². The van der Waals surface area contributed by atoms with Crippen LogP contribution in [0.1, 0.15) is 39.5 Å². The molecule has 0 heterocycles. The Hall–Kier alpha value is -0.180. The number of guanidine groups is 1. The number of thioether (sulfide) groups is 1. The summed E-state index contributed by atoms with van der Waals surface area (Å²) in [6.45, 7) is 5.39. The second kappa shape index (κ2) is 12.2. The van der Waals surface area contributed by atoms with Gasteiger partial charge in [-0.3, -0.25) is 4.79 Å². The molecule has 0 aromatic rings. The Morgan fingerprint density at radius 3 is 2.61 bits per heavy atom. The quantitative estimate of drug-likeness (QED) is 0.367. The maximum Gasteiger partial charge on any atom is 0.243 e. The Labute approximate surface area is 162 Å². The highest BCUT2D eigenvalue weighted by molar-refractivity contribution is 14.0. The summed E-state index contributed by atoms with van der Waals surface area (Å²) < 4.78 is 0. The van der Waals surface area contributed by atoms with Gasteiger partial charge in [0.2, 0.25) is 5.91 Å². The molecule has 2 atom stereocenters. The smallest absolute Gasteiger partial charge is 0.243 e. The second-order valence-corrected chi connectivity index (χ2v) is 7.73. The molecule has 136 valence electrons. The monoisotopic (exact) mass is 456 g/mol. The first-order valence-electron chi connectivity index (χ1n) is 8.20. The van der Waals surface area contributed by atoms with E-state index in [9.17, 15) is 4.79 Å². The first-order chi connectivity index (χ1) is 10.4. The number of halogens is 1. The molecule has 1 amide bonds. The maximum absolute atomic E-state index is 11.7. The van der Waals surface area contributed by atoms with E-state index in [2.05, 4.69) is 35.7 Å². The lowest BCUT2D eigenvalue weighted by Gasteiger charge is -2.30. The standard InChI is InChI=1S/C16H32N4OS.HI/c1-12(2)10-17-16(18-11-15(21)20(3)4)19-13-7-6-8-14(9-13)22-5;/h12-14H,6-11H2,1-5H3,(H2,17,18,19);1H. The van der Waals surface area contributed by atoms with Crippen molar-refractivity contribution in [2.24, 2.45) is 10.9 Å². The van der Waals surface area contributed by atoms with Crippen molar-refractivity contribution in [2.45, 2.75) is 50.8 Å². The molecular formula is C16H33IN4OS. The van der Waals surface area contributed by atoms with Gasteiger partial charge in [0, 0.05) is 31.9 Å². The second-order valence-electron chi connectivity index (χ2n) is 6.59. The number of carbonyl (C=O) groups excluding carboxylic acids is 1. The molecule has 2 unspecified atom stereocenters. The number of aliphatic imine (C=N–C) groups is 1. The SMILES string of the molecule is CSC1CCCC(NC(=NCC(=O)N(C)C)NCC(C)C)C1.I. The predicted octanol–water partition coefficient (Wildman–Crippen LogP) is 2.56. The molecule has 2 N–H and O–H groups in total. The summed E-state index contributed by atoms with van der Waals surface area (Å²) in [7, 11) is 3.52. The molecule has 23 heavy (non-hydrogen) atoms. The molecule has 0 saturated heterocycles. The molecule has 0 aromatic carbocycles. The summed E-state index contributed by atoms with van der Waals surface area (Å²) in [4.78, 5) is 17.8. The van der Waals surface area contributed by atoms with Gasteiger partial charge in [-0.15, -0.1) is 24.0 Å². The zero-order chi connectivity index (χ0) is 16.5. The molecule has 1 rings (SSSR count). The van der Waals surface area contributed by atoms with Crippen LogP contribution in [0.25, 0.3) is 0 Å². The van der Waals surface area contributed by atoms with Gasteiger partial charge < -0.3 is 15.5 Å². The molecule has 5 nitrogen and oxygen atoms in total. The van der Waals surface area contributed by atoms with E-state index in [1.165, 1.54) is 25.7 Å². The fraction of sp³-hybridized carbons (Fsp3) is 0.875. The molecule has 1 aliphatic carbocycles. The van der Waals surface area contributed by atoms with E-state index in [1.807, 2.05) is 11.8 Å². The normalized spacial score (nSPS) is 21.6. The Morgan fingerprint density at radius 2 is 2.04 bits per heavy atom. The van der Waals surface area contributed by atoms with Crippen LogP contribution in [-0.4, -0.2) is 61.5 Å². The maximum atomic E-state index is 11.7. The van der Waals surface area contributed by atoms with Crippen LogP contribution >= 0.6 is 35.7 Å². The van der Waals surface area contributed by atoms with Crippen LogP contribution in [0.3, 0.4) is 0 Å². The highest BCUT2D eigenvalue weighted by Crippen LogP contribution is 2.26. The highest BCUT2D eigenvalue weighted by Gasteiger charge is 2.22. The minimum atomic E-state index is 0. The molecule has 0 bridgehead atoms. The van der Waals surface area contributed by atoms with Crippen LogP contribution in [-0.2, 0) is 4.79 Å². The molecular weight excluding hydrogens is 423 g/mol. The third-order valence-electron chi connectivity index (χ3n) is 3.85. The number of nitrogens with zero attached hydrogens (tertiary/aromatic N) is 2. The van der Waals surface area contributed by atoms with E-state index in [0.29, 0.717) is 12.0 Å².